The smallest absolute Gasteiger partial charge is 0.381 e. The minimum atomic E-state index is -4.37. The molecule has 1 atom stereocenters. The molecular formula is C17H17F3O. The fraction of sp³-hybridized carbons (Fsp3) is 0.294. The molecule has 1 nitrogen and oxygen atoms in total. The van der Waals surface area contributed by atoms with E-state index in [1.54, 1.807) is 13.0 Å². The van der Waals surface area contributed by atoms with E-state index in [9.17, 15) is 18.3 Å². The van der Waals surface area contributed by atoms with Gasteiger partial charge in [-0.05, 0) is 55.2 Å². The molecule has 1 unspecified atom stereocenters. The highest BCUT2D eigenvalue weighted by Crippen LogP contribution is 2.34. The van der Waals surface area contributed by atoms with Crippen molar-refractivity contribution >= 4 is 0 Å². The maximum absolute atomic E-state index is 12.6. The zero-order chi connectivity index (χ0) is 15.8. The Kier molecular flexibility index (Phi) is 3.85. The van der Waals surface area contributed by atoms with Crippen LogP contribution in [-0.2, 0) is 11.8 Å². The largest absolute Gasteiger partial charge is 0.416 e. The van der Waals surface area contributed by atoms with Crippen molar-refractivity contribution in [2.45, 2.75) is 32.5 Å². The highest BCUT2D eigenvalue weighted by atomic mass is 19.4. The Balaban J connectivity index is 2.41. The molecule has 0 saturated carbocycles. The molecule has 21 heavy (non-hydrogen) atoms. The molecule has 0 spiro atoms. The molecule has 0 aliphatic carbocycles. The van der Waals surface area contributed by atoms with Crippen LogP contribution in [0.15, 0.2) is 42.5 Å². The van der Waals surface area contributed by atoms with Gasteiger partial charge >= 0.3 is 6.18 Å². The lowest BCUT2D eigenvalue weighted by Crippen LogP contribution is -2.23. The molecule has 0 bridgehead atoms. The summed E-state index contributed by atoms with van der Waals surface area (Å²) in [6.45, 7) is 5.48. The minimum absolute atomic E-state index is 0.429. The number of halogens is 3. The molecule has 4 heteroatoms. The molecule has 0 fully saturated rings. The Hall–Kier alpha value is -1.81. The lowest BCUT2D eigenvalue weighted by molar-refractivity contribution is -0.137. The Morgan fingerprint density at radius 1 is 0.762 bits per heavy atom. The fourth-order valence-corrected chi connectivity index (χ4v) is 2.19. The topological polar surface area (TPSA) is 20.2 Å². The molecular weight excluding hydrogens is 277 g/mol. The average molecular weight is 294 g/mol. The van der Waals surface area contributed by atoms with Gasteiger partial charge in [0.15, 0.2) is 0 Å². The van der Waals surface area contributed by atoms with Crippen LogP contribution < -0.4 is 0 Å². The van der Waals surface area contributed by atoms with Crippen LogP contribution in [0.5, 0.6) is 0 Å². The van der Waals surface area contributed by atoms with E-state index in [0.717, 1.165) is 23.3 Å². The molecule has 0 aliphatic rings. The predicted molar refractivity (Wildman–Crippen MR) is 76.0 cm³/mol. The van der Waals surface area contributed by atoms with Crippen LogP contribution in [0.2, 0.25) is 0 Å². The molecule has 1 N–H and O–H groups in total. The summed E-state index contributed by atoms with van der Waals surface area (Å²) in [4.78, 5) is 0. The Bertz CT molecular complexity index is 640. The molecule has 0 amide bonds. The number of benzene rings is 2. The van der Waals surface area contributed by atoms with Crippen LogP contribution >= 0.6 is 0 Å². The van der Waals surface area contributed by atoms with Crippen molar-refractivity contribution in [3.8, 4) is 0 Å². The maximum Gasteiger partial charge on any atom is 0.416 e. The molecule has 0 radical (unpaired) electrons. The average Bonchev–Trinajstić information content (AvgIpc) is 2.41. The molecule has 2 rings (SSSR count). The van der Waals surface area contributed by atoms with E-state index in [1.807, 2.05) is 26.0 Å². The standard InChI is InChI=1S/C17H17F3O/c1-11-4-5-15(10-12(11)2)16(3,21)13-6-8-14(9-7-13)17(18,19)20/h4-10,21H,1-3H3. The monoisotopic (exact) mass is 294 g/mol. The van der Waals surface area contributed by atoms with Gasteiger partial charge in [0.25, 0.3) is 0 Å². The zero-order valence-electron chi connectivity index (χ0n) is 12.1. The Morgan fingerprint density at radius 3 is 1.71 bits per heavy atom. The van der Waals surface area contributed by atoms with Gasteiger partial charge in [0.2, 0.25) is 0 Å². The van der Waals surface area contributed by atoms with E-state index in [1.165, 1.54) is 12.1 Å². The van der Waals surface area contributed by atoms with Gasteiger partial charge in [-0.2, -0.15) is 13.2 Å². The molecule has 0 aromatic heterocycles. The highest BCUT2D eigenvalue weighted by Gasteiger charge is 2.32. The summed E-state index contributed by atoms with van der Waals surface area (Å²) in [5, 5.41) is 10.7. The maximum atomic E-state index is 12.6. The number of alkyl halides is 3. The van der Waals surface area contributed by atoms with Gasteiger partial charge < -0.3 is 5.11 Å². The SMILES string of the molecule is Cc1ccc(C(C)(O)c2ccc(C(F)(F)F)cc2)cc1C. The Labute approximate surface area is 122 Å². The molecule has 0 saturated heterocycles. The van der Waals surface area contributed by atoms with Crippen LogP contribution in [0.25, 0.3) is 0 Å². The van der Waals surface area contributed by atoms with Gasteiger partial charge in [-0.1, -0.05) is 30.3 Å². The first-order valence-corrected chi connectivity index (χ1v) is 6.60. The molecule has 2 aromatic rings. The molecule has 112 valence electrons. The molecule has 2 aromatic carbocycles. The van der Waals surface area contributed by atoms with Crippen LogP contribution in [-0.4, -0.2) is 5.11 Å². The van der Waals surface area contributed by atoms with Crippen LogP contribution in [0.4, 0.5) is 13.2 Å². The second kappa shape index (κ2) is 5.19. The first-order valence-electron chi connectivity index (χ1n) is 6.60. The van der Waals surface area contributed by atoms with Gasteiger partial charge in [-0.25, -0.2) is 0 Å². The second-order valence-corrected chi connectivity index (χ2v) is 5.45. The van der Waals surface area contributed by atoms with Crippen LogP contribution in [0, 0.1) is 13.8 Å². The minimum Gasteiger partial charge on any atom is -0.381 e. The summed E-state index contributed by atoms with van der Waals surface area (Å²) in [5.41, 5.74) is 1.16. The third-order valence-electron chi connectivity index (χ3n) is 3.84. The van der Waals surface area contributed by atoms with Crippen molar-refractivity contribution in [3.05, 3.63) is 70.3 Å². The van der Waals surface area contributed by atoms with E-state index < -0.39 is 17.3 Å². The molecule has 0 heterocycles. The van der Waals surface area contributed by atoms with Gasteiger partial charge in [-0.3, -0.25) is 0 Å². The number of hydrogen-bond donors (Lipinski definition) is 1. The lowest BCUT2D eigenvalue weighted by atomic mass is 9.86. The van der Waals surface area contributed by atoms with Gasteiger partial charge in [0, 0.05) is 0 Å². The summed E-state index contributed by atoms with van der Waals surface area (Å²) in [6.07, 6.45) is -4.37. The van der Waals surface area contributed by atoms with Gasteiger partial charge in [-0.15, -0.1) is 0 Å². The number of hydrogen-bond acceptors (Lipinski definition) is 1. The quantitative estimate of drug-likeness (QED) is 0.859. The first-order chi connectivity index (χ1) is 9.62. The van der Waals surface area contributed by atoms with Crippen molar-refractivity contribution in [2.75, 3.05) is 0 Å². The third-order valence-corrected chi connectivity index (χ3v) is 3.84. The van der Waals surface area contributed by atoms with E-state index in [4.69, 9.17) is 0 Å². The van der Waals surface area contributed by atoms with Gasteiger partial charge in [0.1, 0.15) is 5.60 Å². The molecule has 0 aliphatic heterocycles. The zero-order valence-corrected chi connectivity index (χ0v) is 12.1. The van der Waals surface area contributed by atoms with Crippen molar-refractivity contribution < 1.29 is 18.3 Å². The van der Waals surface area contributed by atoms with Crippen LogP contribution in [0.3, 0.4) is 0 Å². The normalized spacial score (nSPS) is 14.8. The highest BCUT2D eigenvalue weighted by molar-refractivity contribution is 5.40. The van der Waals surface area contributed by atoms with Gasteiger partial charge in [0.05, 0.1) is 5.56 Å². The van der Waals surface area contributed by atoms with E-state index in [0.29, 0.717) is 11.1 Å². The summed E-state index contributed by atoms with van der Waals surface area (Å²) in [6, 6.07) is 10.2. The van der Waals surface area contributed by atoms with Crippen molar-refractivity contribution in [3.63, 3.8) is 0 Å². The predicted octanol–water partition coefficient (Wildman–Crippen LogP) is 4.58. The Morgan fingerprint density at radius 2 is 1.24 bits per heavy atom. The summed E-state index contributed by atoms with van der Waals surface area (Å²) >= 11 is 0. The lowest BCUT2D eigenvalue weighted by Gasteiger charge is -2.25. The number of aryl methyl sites for hydroxylation is 2. The summed E-state index contributed by atoms with van der Waals surface area (Å²) in [7, 11) is 0. The van der Waals surface area contributed by atoms with Crippen molar-refractivity contribution in [1.29, 1.82) is 0 Å². The second-order valence-electron chi connectivity index (χ2n) is 5.45. The summed E-state index contributed by atoms with van der Waals surface area (Å²) in [5.74, 6) is 0. The van der Waals surface area contributed by atoms with E-state index in [2.05, 4.69) is 0 Å². The van der Waals surface area contributed by atoms with Crippen LogP contribution in [0.1, 0.15) is 34.7 Å². The summed E-state index contributed by atoms with van der Waals surface area (Å²) < 4.78 is 37.7. The number of aliphatic hydroxyl groups is 1. The van der Waals surface area contributed by atoms with E-state index in [-0.39, 0.29) is 0 Å². The fourth-order valence-electron chi connectivity index (χ4n) is 2.19. The third kappa shape index (κ3) is 3.10. The van der Waals surface area contributed by atoms with Crippen molar-refractivity contribution in [2.24, 2.45) is 0 Å². The number of rotatable bonds is 2. The van der Waals surface area contributed by atoms with E-state index >= 15 is 0 Å². The first kappa shape index (κ1) is 15.6. The van der Waals surface area contributed by atoms with Crippen molar-refractivity contribution in [1.82, 2.24) is 0 Å².